The predicted octanol–water partition coefficient (Wildman–Crippen LogP) is 6.47. The molecule has 4 aromatic carbocycles. The highest BCUT2D eigenvalue weighted by molar-refractivity contribution is 5.94. The minimum atomic E-state index is -0.835. The molecule has 2 saturated heterocycles. The van der Waals surface area contributed by atoms with Crippen LogP contribution in [0.3, 0.4) is 0 Å². The van der Waals surface area contributed by atoms with E-state index in [-0.39, 0.29) is 71.7 Å². The lowest BCUT2D eigenvalue weighted by Crippen LogP contribution is -2.36. The van der Waals surface area contributed by atoms with Gasteiger partial charge in [-0.05, 0) is 111 Å². The quantitative estimate of drug-likeness (QED) is 0.0242. The van der Waals surface area contributed by atoms with E-state index in [9.17, 15) is 28.8 Å². The van der Waals surface area contributed by atoms with Crippen molar-refractivity contribution in [2.75, 3.05) is 53.9 Å². The van der Waals surface area contributed by atoms with Crippen molar-refractivity contribution in [1.82, 2.24) is 0 Å². The molecule has 0 spiro atoms. The predicted molar refractivity (Wildman–Crippen MR) is 238 cm³/mol. The van der Waals surface area contributed by atoms with Gasteiger partial charge >= 0.3 is 35.8 Å². The van der Waals surface area contributed by atoms with Gasteiger partial charge in [0, 0.05) is 12.2 Å². The highest BCUT2D eigenvalue weighted by atomic mass is 16.7. The number of hydrogen-bond donors (Lipinski definition) is 0. The van der Waals surface area contributed by atoms with Gasteiger partial charge in [0.15, 0.2) is 35.2 Å². The number of rotatable bonds is 24. The molecule has 4 aromatic rings. The van der Waals surface area contributed by atoms with Gasteiger partial charge in [0.05, 0.1) is 76.1 Å². The highest BCUT2D eigenvalue weighted by Crippen LogP contribution is 2.35. The third-order valence-corrected chi connectivity index (χ3v) is 10.3. The molecule has 2 heterocycles. The van der Waals surface area contributed by atoms with Gasteiger partial charge in [0.25, 0.3) is 0 Å². The van der Waals surface area contributed by atoms with Crippen molar-refractivity contribution < 1.29 is 85.6 Å². The SMILES string of the molecule is C=CC(=O)OCCCCOc1ccc(C(=O)Oc2ccc(C(=O)O[C@@H]3CO[C@H]4[C@@H]3OC[C@H]4OC(=O)c3ccc(OC(=O)c4ccc(OCCCCOC(=O)C=C)cc4)c(OC)c3)cc2OC)cc1. The first-order valence-corrected chi connectivity index (χ1v) is 21.5. The van der Waals surface area contributed by atoms with E-state index in [0.29, 0.717) is 50.4 Å². The Morgan fingerprint density at radius 1 is 0.500 bits per heavy atom. The molecule has 2 aliphatic heterocycles. The lowest BCUT2D eigenvalue weighted by molar-refractivity contribution is -0.138. The molecule has 0 amide bonds. The molecule has 18 nitrogen and oxygen atoms in total. The number of fused-ring (bicyclic) bond motifs is 1. The fourth-order valence-electron chi connectivity index (χ4n) is 6.74. The van der Waals surface area contributed by atoms with Gasteiger partial charge in [-0.15, -0.1) is 0 Å². The fraction of sp³-hybridized carbons (Fsp3) is 0.320. The van der Waals surface area contributed by atoms with Crippen molar-refractivity contribution in [2.24, 2.45) is 0 Å². The number of ether oxygens (including phenoxy) is 12. The van der Waals surface area contributed by atoms with Crippen molar-refractivity contribution in [1.29, 1.82) is 0 Å². The molecular weight excluding hydrogens is 889 g/mol. The molecule has 2 fully saturated rings. The van der Waals surface area contributed by atoms with Crippen LogP contribution in [0, 0.1) is 0 Å². The van der Waals surface area contributed by atoms with Crippen LogP contribution in [-0.2, 0) is 38.0 Å². The van der Waals surface area contributed by atoms with Crippen molar-refractivity contribution in [3.8, 4) is 34.5 Å². The summed E-state index contributed by atoms with van der Waals surface area (Å²) in [5.74, 6) is -2.31. The summed E-state index contributed by atoms with van der Waals surface area (Å²) in [4.78, 5) is 74.8. The van der Waals surface area contributed by atoms with E-state index < -0.39 is 60.2 Å². The summed E-state index contributed by atoms with van der Waals surface area (Å²) in [5, 5.41) is 0. The maximum atomic E-state index is 13.3. The summed E-state index contributed by atoms with van der Waals surface area (Å²) in [6, 6.07) is 21.1. The second-order valence-corrected chi connectivity index (χ2v) is 14.9. The highest BCUT2D eigenvalue weighted by Gasteiger charge is 2.51. The Balaban J connectivity index is 0.946. The van der Waals surface area contributed by atoms with Crippen LogP contribution < -0.4 is 28.4 Å². The standard InChI is InChI=1S/C50H50O18/c1-5-43(51)61-25-9-7-23-59-35-17-11-31(12-18-35)47(53)65-37-21-15-33(27-39(37)57-3)49(55)67-41-29-63-46-42(30-64-45(41)46)68-50(56)34-16-22-38(40(28-34)58-4)66-48(54)32-13-19-36(20-14-32)60-24-8-10-26-62-44(52)6-2/h5-6,11-22,27-28,41-42,45-46H,1-2,7-10,23-26,29-30H2,3-4H3/t41-,42-,45-,46-/m1/s1. The summed E-state index contributed by atoms with van der Waals surface area (Å²) in [6.07, 6.45) is 1.61. The summed E-state index contributed by atoms with van der Waals surface area (Å²) >= 11 is 0. The van der Waals surface area contributed by atoms with Gasteiger partial charge in [0.1, 0.15) is 23.7 Å². The van der Waals surface area contributed by atoms with Gasteiger partial charge in [-0.2, -0.15) is 0 Å². The molecule has 4 atom stereocenters. The molecule has 0 unspecified atom stereocenters. The smallest absolute Gasteiger partial charge is 0.343 e. The Morgan fingerprint density at radius 3 is 1.24 bits per heavy atom. The number of methoxy groups -OCH3 is 2. The monoisotopic (exact) mass is 938 g/mol. The van der Waals surface area contributed by atoms with Gasteiger partial charge in [-0.3, -0.25) is 0 Å². The van der Waals surface area contributed by atoms with E-state index in [4.69, 9.17) is 56.8 Å². The van der Waals surface area contributed by atoms with E-state index in [1.807, 2.05) is 0 Å². The van der Waals surface area contributed by atoms with Crippen LogP contribution in [0.25, 0.3) is 0 Å². The van der Waals surface area contributed by atoms with E-state index >= 15 is 0 Å². The Kier molecular flexibility index (Phi) is 18.1. The molecule has 358 valence electrons. The maximum Gasteiger partial charge on any atom is 0.343 e. The van der Waals surface area contributed by atoms with Crippen molar-refractivity contribution in [3.63, 3.8) is 0 Å². The van der Waals surface area contributed by atoms with Gasteiger partial charge < -0.3 is 56.8 Å². The minimum Gasteiger partial charge on any atom is -0.494 e. The third-order valence-electron chi connectivity index (χ3n) is 10.3. The van der Waals surface area contributed by atoms with Crippen LogP contribution in [0.1, 0.15) is 67.1 Å². The average molecular weight is 939 g/mol. The van der Waals surface area contributed by atoms with Crippen LogP contribution in [0.2, 0.25) is 0 Å². The number of esters is 6. The molecular formula is C50H50O18. The lowest BCUT2D eigenvalue weighted by atomic mass is 10.1. The average Bonchev–Trinajstić information content (AvgIpc) is 3.96. The third kappa shape index (κ3) is 13.7. The van der Waals surface area contributed by atoms with E-state index in [2.05, 4.69) is 13.2 Å². The zero-order valence-corrected chi connectivity index (χ0v) is 37.4. The van der Waals surface area contributed by atoms with Crippen LogP contribution in [0.15, 0.2) is 110 Å². The van der Waals surface area contributed by atoms with Crippen molar-refractivity contribution >= 4 is 35.8 Å². The zero-order valence-electron chi connectivity index (χ0n) is 37.4. The summed E-state index contributed by atoms with van der Waals surface area (Å²) in [7, 11) is 2.72. The van der Waals surface area contributed by atoms with Crippen molar-refractivity contribution in [3.05, 3.63) is 132 Å². The van der Waals surface area contributed by atoms with Crippen LogP contribution >= 0.6 is 0 Å². The number of benzene rings is 4. The molecule has 0 radical (unpaired) electrons. The normalized spacial score (nSPS) is 16.8. The Bertz CT molecular complexity index is 2260. The Morgan fingerprint density at radius 2 is 0.868 bits per heavy atom. The van der Waals surface area contributed by atoms with E-state index in [0.717, 1.165) is 12.2 Å². The Hall–Kier alpha value is -7.70. The lowest BCUT2D eigenvalue weighted by Gasteiger charge is -2.18. The number of unbranched alkanes of at least 4 members (excludes halogenated alkanes) is 2. The molecule has 68 heavy (non-hydrogen) atoms. The minimum absolute atomic E-state index is 0.0285. The fourth-order valence-corrected chi connectivity index (χ4v) is 6.74. The summed E-state index contributed by atoms with van der Waals surface area (Å²) in [6.45, 7) is 7.93. The first kappa shape index (κ1) is 49.7. The topological polar surface area (TPSA) is 213 Å². The van der Waals surface area contributed by atoms with Gasteiger partial charge in [-0.1, -0.05) is 13.2 Å². The van der Waals surface area contributed by atoms with Crippen molar-refractivity contribution in [2.45, 2.75) is 50.1 Å². The second-order valence-electron chi connectivity index (χ2n) is 14.9. The first-order chi connectivity index (χ1) is 33.0. The van der Waals surface area contributed by atoms with Crippen LogP contribution in [-0.4, -0.2) is 114 Å². The molecule has 6 rings (SSSR count). The molecule has 0 saturated carbocycles. The molecule has 0 bridgehead atoms. The van der Waals surface area contributed by atoms with E-state index in [1.165, 1.54) is 50.6 Å². The molecule has 2 aliphatic rings. The van der Waals surface area contributed by atoms with Crippen LogP contribution in [0.4, 0.5) is 0 Å². The molecule has 0 aromatic heterocycles. The molecule has 18 heteroatoms. The second kappa shape index (κ2) is 24.7. The zero-order chi connectivity index (χ0) is 48.4. The summed E-state index contributed by atoms with van der Waals surface area (Å²) < 4.78 is 66.5. The molecule has 0 N–H and O–H groups in total. The van der Waals surface area contributed by atoms with Gasteiger partial charge in [-0.25, -0.2) is 28.8 Å². The largest absolute Gasteiger partial charge is 0.494 e. The molecule has 0 aliphatic carbocycles. The van der Waals surface area contributed by atoms with Crippen LogP contribution in [0.5, 0.6) is 34.5 Å². The number of carbonyl (C=O) groups is 6. The first-order valence-electron chi connectivity index (χ1n) is 21.5. The Labute approximate surface area is 391 Å². The number of hydrogen-bond acceptors (Lipinski definition) is 18. The number of carbonyl (C=O) groups excluding carboxylic acids is 6. The maximum absolute atomic E-state index is 13.3. The summed E-state index contributed by atoms with van der Waals surface area (Å²) in [5.41, 5.74) is 0.698. The van der Waals surface area contributed by atoms with Gasteiger partial charge in [0.2, 0.25) is 0 Å². The van der Waals surface area contributed by atoms with E-state index in [1.54, 1.807) is 48.5 Å².